The summed E-state index contributed by atoms with van der Waals surface area (Å²) in [7, 11) is 0. The molecule has 1 aromatic rings. The Morgan fingerprint density at radius 1 is 1.24 bits per heavy atom. The van der Waals surface area contributed by atoms with Crippen molar-refractivity contribution in [2.24, 2.45) is 0 Å². The molecule has 21 heavy (non-hydrogen) atoms. The topological polar surface area (TPSA) is 47.0 Å². The highest BCUT2D eigenvalue weighted by molar-refractivity contribution is 5.48. The van der Waals surface area contributed by atoms with Gasteiger partial charge < -0.3 is 10.1 Å². The van der Waals surface area contributed by atoms with Gasteiger partial charge in [-0.3, -0.25) is 0 Å². The van der Waals surface area contributed by atoms with Crippen molar-refractivity contribution < 1.29 is 17.9 Å². The molecule has 0 aliphatic carbocycles. The van der Waals surface area contributed by atoms with E-state index >= 15 is 0 Å². The molecule has 1 heterocycles. The maximum Gasteiger partial charge on any atom is 0.411 e. The largest absolute Gasteiger partial charge is 0.411 e. The Labute approximate surface area is 123 Å². The minimum atomic E-state index is -4.30. The van der Waals surface area contributed by atoms with Crippen molar-refractivity contribution in [2.45, 2.75) is 46.2 Å². The molecule has 0 aliphatic heterocycles. The fourth-order valence-corrected chi connectivity index (χ4v) is 2.10. The zero-order valence-electron chi connectivity index (χ0n) is 12.8. The van der Waals surface area contributed by atoms with Gasteiger partial charge in [0.1, 0.15) is 18.2 Å². The molecule has 0 atom stereocenters. The Bertz CT molecular complexity index is 462. The summed E-state index contributed by atoms with van der Waals surface area (Å²) in [5.41, 5.74) is 1.89. The lowest BCUT2D eigenvalue weighted by Gasteiger charge is -2.16. The van der Waals surface area contributed by atoms with E-state index in [0.29, 0.717) is 5.82 Å². The second-order valence-electron chi connectivity index (χ2n) is 5.09. The number of nitrogens with zero attached hydrogens (tertiary/aromatic N) is 2. The minimum absolute atomic E-state index is 0.0501. The molecule has 1 N–H and O–H groups in total. The van der Waals surface area contributed by atoms with Gasteiger partial charge >= 0.3 is 6.18 Å². The Morgan fingerprint density at radius 2 is 1.90 bits per heavy atom. The van der Waals surface area contributed by atoms with Crippen molar-refractivity contribution >= 4 is 5.82 Å². The van der Waals surface area contributed by atoms with Crippen LogP contribution in [0.2, 0.25) is 0 Å². The molecule has 0 spiro atoms. The number of hydrogen-bond donors (Lipinski definition) is 1. The summed E-state index contributed by atoms with van der Waals surface area (Å²) in [4.78, 5) is 8.75. The molecule has 0 fully saturated rings. The maximum atomic E-state index is 12.0. The van der Waals surface area contributed by atoms with Crippen LogP contribution in [0, 0.1) is 6.92 Å². The number of nitrogens with one attached hydrogen (secondary N) is 1. The summed E-state index contributed by atoms with van der Waals surface area (Å²) in [6.07, 6.45) is -4.04. The van der Waals surface area contributed by atoms with Crippen molar-refractivity contribution in [1.29, 1.82) is 0 Å². The first kappa shape index (κ1) is 17.7. The van der Waals surface area contributed by atoms with Crippen LogP contribution in [0.4, 0.5) is 19.0 Å². The van der Waals surface area contributed by atoms with Gasteiger partial charge in [-0.1, -0.05) is 13.8 Å². The second kappa shape index (κ2) is 7.59. The normalized spacial score (nSPS) is 12.0. The van der Waals surface area contributed by atoms with Crippen LogP contribution in [0.3, 0.4) is 0 Å². The number of hydrogen-bond acceptors (Lipinski definition) is 4. The van der Waals surface area contributed by atoms with Gasteiger partial charge in [-0.05, 0) is 19.8 Å². The van der Waals surface area contributed by atoms with Crippen molar-refractivity contribution in [3.8, 4) is 0 Å². The summed E-state index contributed by atoms with van der Waals surface area (Å²) in [6, 6.07) is 0. The van der Waals surface area contributed by atoms with E-state index in [-0.39, 0.29) is 18.9 Å². The van der Waals surface area contributed by atoms with E-state index in [1.807, 2.05) is 13.8 Å². The standard InChI is InChI=1S/C14H22F3N3O/c1-5-18-13-12(9(2)3)10(4)19-11(20-13)6-7-21-8-14(15,16)17/h9H,5-8H2,1-4H3,(H,18,19,20). The Kier molecular flexibility index (Phi) is 6.39. The monoisotopic (exact) mass is 305 g/mol. The van der Waals surface area contributed by atoms with Crippen LogP contribution >= 0.6 is 0 Å². The van der Waals surface area contributed by atoms with Gasteiger partial charge in [-0.15, -0.1) is 0 Å². The van der Waals surface area contributed by atoms with E-state index < -0.39 is 12.8 Å². The highest BCUT2D eigenvalue weighted by atomic mass is 19.4. The average Bonchev–Trinajstić information content (AvgIpc) is 2.33. The highest BCUT2D eigenvalue weighted by Crippen LogP contribution is 2.25. The molecule has 120 valence electrons. The molecular formula is C14H22F3N3O. The summed E-state index contributed by atoms with van der Waals surface area (Å²) in [5, 5.41) is 3.18. The van der Waals surface area contributed by atoms with Crippen molar-refractivity contribution in [2.75, 3.05) is 25.1 Å². The Hall–Kier alpha value is -1.37. The maximum absolute atomic E-state index is 12.0. The molecule has 0 bridgehead atoms. The van der Waals surface area contributed by atoms with E-state index in [0.717, 1.165) is 23.6 Å². The second-order valence-corrected chi connectivity index (χ2v) is 5.09. The molecule has 0 saturated heterocycles. The first-order valence-electron chi connectivity index (χ1n) is 7.00. The lowest BCUT2D eigenvalue weighted by atomic mass is 10.0. The van der Waals surface area contributed by atoms with Gasteiger partial charge in [0.05, 0.1) is 6.61 Å². The van der Waals surface area contributed by atoms with Crippen LogP contribution in [0.15, 0.2) is 0 Å². The van der Waals surface area contributed by atoms with Crippen LogP contribution in [0.25, 0.3) is 0 Å². The smallest absolute Gasteiger partial charge is 0.372 e. The molecule has 7 heteroatoms. The number of rotatable bonds is 7. The molecule has 1 rings (SSSR count). The van der Waals surface area contributed by atoms with E-state index in [2.05, 4.69) is 33.9 Å². The molecule has 0 aliphatic rings. The number of aryl methyl sites for hydroxylation is 1. The lowest BCUT2D eigenvalue weighted by molar-refractivity contribution is -0.173. The molecule has 1 aromatic heterocycles. The van der Waals surface area contributed by atoms with E-state index in [1.165, 1.54) is 0 Å². The fourth-order valence-electron chi connectivity index (χ4n) is 2.10. The zero-order chi connectivity index (χ0) is 16.0. The average molecular weight is 305 g/mol. The van der Waals surface area contributed by atoms with Gasteiger partial charge in [-0.25, -0.2) is 9.97 Å². The van der Waals surface area contributed by atoms with Crippen LogP contribution in [-0.2, 0) is 11.2 Å². The van der Waals surface area contributed by atoms with Crippen LogP contribution < -0.4 is 5.32 Å². The molecule has 0 saturated carbocycles. The number of ether oxygens (including phenoxy) is 1. The Balaban J connectivity index is 2.75. The Morgan fingerprint density at radius 3 is 2.43 bits per heavy atom. The first-order chi connectivity index (χ1) is 9.74. The quantitative estimate of drug-likeness (QED) is 0.784. The number of anilines is 1. The van der Waals surface area contributed by atoms with Gasteiger partial charge in [0, 0.05) is 24.2 Å². The molecule has 0 amide bonds. The van der Waals surface area contributed by atoms with Crippen molar-refractivity contribution in [1.82, 2.24) is 9.97 Å². The third-order valence-corrected chi connectivity index (χ3v) is 2.84. The number of alkyl halides is 3. The van der Waals surface area contributed by atoms with Crippen LogP contribution in [-0.4, -0.2) is 35.9 Å². The van der Waals surface area contributed by atoms with Gasteiger partial charge in [-0.2, -0.15) is 13.2 Å². The highest BCUT2D eigenvalue weighted by Gasteiger charge is 2.27. The SMILES string of the molecule is CCNc1nc(CCOCC(F)(F)F)nc(C)c1C(C)C. The summed E-state index contributed by atoms with van der Waals surface area (Å²) >= 11 is 0. The first-order valence-corrected chi connectivity index (χ1v) is 7.00. The summed E-state index contributed by atoms with van der Waals surface area (Å²) < 4.78 is 40.6. The molecule has 0 radical (unpaired) electrons. The molecule has 0 unspecified atom stereocenters. The lowest BCUT2D eigenvalue weighted by Crippen LogP contribution is -2.18. The number of halogens is 3. The third kappa shape index (κ3) is 5.87. The van der Waals surface area contributed by atoms with E-state index in [4.69, 9.17) is 0 Å². The van der Waals surface area contributed by atoms with Gasteiger partial charge in [0.15, 0.2) is 0 Å². The number of aromatic nitrogens is 2. The summed E-state index contributed by atoms with van der Waals surface area (Å²) in [5.74, 6) is 1.52. The van der Waals surface area contributed by atoms with Gasteiger partial charge in [0.25, 0.3) is 0 Å². The molecule has 0 aromatic carbocycles. The van der Waals surface area contributed by atoms with E-state index in [9.17, 15) is 13.2 Å². The molecule has 4 nitrogen and oxygen atoms in total. The molecular weight excluding hydrogens is 283 g/mol. The fraction of sp³-hybridized carbons (Fsp3) is 0.714. The van der Waals surface area contributed by atoms with Crippen LogP contribution in [0.5, 0.6) is 0 Å². The minimum Gasteiger partial charge on any atom is -0.372 e. The zero-order valence-corrected chi connectivity index (χ0v) is 12.8. The van der Waals surface area contributed by atoms with Gasteiger partial charge in [0.2, 0.25) is 0 Å². The predicted octanol–water partition coefficient (Wildman–Crippen LogP) is 3.46. The van der Waals surface area contributed by atoms with E-state index in [1.54, 1.807) is 0 Å². The summed E-state index contributed by atoms with van der Waals surface area (Å²) in [6.45, 7) is 7.39. The third-order valence-electron chi connectivity index (χ3n) is 2.84. The van der Waals surface area contributed by atoms with Crippen molar-refractivity contribution in [3.05, 3.63) is 17.1 Å². The van der Waals surface area contributed by atoms with Crippen molar-refractivity contribution in [3.63, 3.8) is 0 Å². The predicted molar refractivity (Wildman–Crippen MR) is 75.6 cm³/mol. The van der Waals surface area contributed by atoms with Crippen LogP contribution in [0.1, 0.15) is 43.8 Å².